The summed E-state index contributed by atoms with van der Waals surface area (Å²) in [4.78, 5) is 7.70. The van der Waals surface area contributed by atoms with Crippen molar-refractivity contribution in [2.24, 2.45) is 5.73 Å². The molecule has 2 aromatic heterocycles. The fraction of sp³-hybridized carbons (Fsp3) is 0.455. The molecule has 1 atom stereocenters. The molecule has 0 saturated heterocycles. The van der Waals surface area contributed by atoms with Gasteiger partial charge in [-0.05, 0) is 25.4 Å². The molecule has 17 heavy (non-hydrogen) atoms. The van der Waals surface area contributed by atoms with Gasteiger partial charge in [0.25, 0.3) is 0 Å². The summed E-state index contributed by atoms with van der Waals surface area (Å²) in [5.74, 6) is 1.16. The molecule has 0 amide bonds. The zero-order chi connectivity index (χ0) is 12.3. The predicted molar refractivity (Wildman–Crippen MR) is 66.4 cm³/mol. The summed E-state index contributed by atoms with van der Waals surface area (Å²) in [6, 6.07) is 4.54. The maximum atomic E-state index is 5.42. The molecule has 2 rings (SSSR count). The van der Waals surface area contributed by atoms with Crippen LogP contribution < -0.4 is 5.73 Å². The first kappa shape index (κ1) is 12.2. The van der Waals surface area contributed by atoms with Crippen LogP contribution in [0.4, 0.5) is 0 Å². The smallest absolute Gasteiger partial charge is 0.240 e. The van der Waals surface area contributed by atoms with E-state index in [1.807, 2.05) is 7.05 Å². The first-order valence-corrected chi connectivity index (χ1v) is 6.34. The SMILES string of the molecule is CC(c1cccs1)N(C)Cc1noc(CN)n1. The zero-order valence-corrected chi connectivity index (χ0v) is 10.8. The summed E-state index contributed by atoms with van der Waals surface area (Å²) in [5, 5.41) is 5.97. The number of hydrogen-bond acceptors (Lipinski definition) is 6. The largest absolute Gasteiger partial charge is 0.338 e. The third kappa shape index (κ3) is 2.91. The Morgan fingerprint density at radius 3 is 3.00 bits per heavy atom. The Hall–Kier alpha value is -1.24. The minimum Gasteiger partial charge on any atom is -0.338 e. The zero-order valence-electron chi connectivity index (χ0n) is 9.96. The van der Waals surface area contributed by atoms with E-state index in [1.165, 1.54) is 4.88 Å². The van der Waals surface area contributed by atoms with Gasteiger partial charge >= 0.3 is 0 Å². The van der Waals surface area contributed by atoms with Crippen molar-refractivity contribution in [1.82, 2.24) is 15.0 Å². The van der Waals surface area contributed by atoms with E-state index in [0.717, 1.165) is 0 Å². The van der Waals surface area contributed by atoms with E-state index in [-0.39, 0.29) is 6.54 Å². The Morgan fingerprint density at radius 1 is 1.59 bits per heavy atom. The number of nitrogens with zero attached hydrogens (tertiary/aromatic N) is 3. The number of hydrogen-bond donors (Lipinski definition) is 1. The minimum atomic E-state index is 0.289. The Bertz CT molecular complexity index is 454. The number of thiophene rings is 1. The van der Waals surface area contributed by atoms with Crippen LogP contribution in [0.1, 0.15) is 29.6 Å². The van der Waals surface area contributed by atoms with Crippen molar-refractivity contribution in [3.63, 3.8) is 0 Å². The summed E-state index contributed by atoms with van der Waals surface area (Å²) >= 11 is 1.75. The molecule has 0 aliphatic heterocycles. The standard InChI is InChI=1S/C11H16N4OS/c1-8(9-4-3-5-17-9)15(2)7-10-13-11(6-12)16-14-10/h3-5,8H,6-7,12H2,1-2H3. The van der Waals surface area contributed by atoms with E-state index in [0.29, 0.717) is 24.3 Å². The van der Waals surface area contributed by atoms with Gasteiger partial charge in [-0.2, -0.15) is 4.98 Å². The van der Waals surface area contributed by atoms with Crippen LogP contribution >= 0.6 is 11.3 Å². The second-order valence-corrected chi connectivity index (χ2v) is 4.89. The van der Waals surface area contributed by atoms with Crippen molar-refractivity contribution in [3.05, 3.63) is 34.1 Å². The molecule has 2 N–H and O–H groups in total. The molecule has 0 radical (unpaired) electrons. The third-order valence-corrected chi connectivity index (χ3v) is 3.73. The Kier molecular flexibility index (Phi) is 3.88. The van der Waals surface area contributed by atoms with E-state index in [4.69, 9.17) is 10.3 Å². The van der Waals surface area contributed by atoms with Gasteiger partial charge in [0.15, 0.2) is 5.82 Å². The van der Waals surface area contributed by atoms with Crippen LogP contribution in [0.5, 0.6) is 0 Å². The summed E-state index contributed by atoms with van der Waals surface area (Å²) in [7, 11) is 2.04. The van der Waals surface area contributed by atoms with Gasteiger partial charge in [0, 0.05) is 10.9 Å². The molecule has 0 spiro atoms. The fourth-order valence-electron chi connectivity index (χ4n) is 1.54. The van der Waals surface area contributed by atoms with Gasteiger partial charge in [-0.1, -0.05) is 11.2 Å². The molecule has 2 heterocycles. The minimum absolute atomic E-state index is 0.289. The molecule has 1 unspecified atom stereocenters. The van der Waals surface area contributed by atoms with Crippen molar-refractivity contribution in [3.8, 4) is 0 Å². The van der Waals surface area contributed by atoms with Crippen LogP contribution in [-0.2, 0) is 13.1 Å². The lowest BCUT2D eigenvalue weighted by Crippen LogP contribution is -2.21. The molecule has 0 aliphatic carbocycles. The van der Waals surface area contributed by atoms with E-state index in [9.17, 15) is 0 Å². The van der Waals surface area contributed by atoms with Crippen molar-refractivity contribution >= 4 is 11.3 Å². The highest BCUT2D eigenvalue weighted by Crippen LogP contribution is 2.24. The summed E-state index contributed by atoms with van der Waals surface area (Å²) in [5.41, 5.74) is 5.42. The van der Waals surface area contributed by atoms with Gasteiger partial charge in [0.05, 0.1) is 13.1 Å². The molecule has 0 aromatic carbocycles. The fourth-order valence-corrected chi connectivity index (χ4v) is 2.39. The molecule has 2 aromatic rings. The molecule has 0 bridgehead atoms. The van der Waals surface area contributed by atoms with Crippen molar-refractivity contribution < 1.29 is 4.52 Å². The van der Waals surface area contributed by atoms with Gasteiger partial charge in [0.2, 0.25) is 5.89 Å². The summed E-state index contributed by atoms with van der Waals surface area (Å²) in [6.07, 6.45) is 0. The second-order valence-electron chi connectivity index (χ2n) is 3.91. The number of rotatable bonds is 5. The Balaban J connectivity index is 1.99. The highest BCUT2D eigenvalue weighted by Gasteiger charge is 2.15. The first-order chi connectivity index (χ1) is 8.20. The van der Waals surface area contributed by atoms with Gasteiger partial charge in [0.1, 0.15) is 0 Å². The molecule has 5 nitrogen and oxygen atoms in total. The average Bonchev–Trinajstić information content (AvgIpc) is 2.98. The van der Waals surface area contributed by atoms with Crippen LogP contribution in [-0.4, -0.2) is 22.1 Å². The molecule has 6 heteroatoms. The van der Waals surface area contributed by atoms with Crippen LogP contribution in [0.2, 0.25) is 0 Å². The lowest BCUT2D eigenvalue weighted by molar-refractivity contribution is 0.245. The maximum Gasteiger partial charge on any atom is 0.240 e. The average molecular weight is 252 g/mol. The lowest BCUT2D eigenvalue weighted by Gasteiger charge is -2.21. The van der Waals surface area contributed by atoms with E-state index in [2.05, 4.69) is 39.5 Å². The maximum absolute atomic E-state index is 5.42. The Morgan fingerprint density at radius 2 is 2.41 bits per heavy atom. The first-order valence-electron chi connectivity index (χ1n) is 5.46. The molecule has 0 aliphatic rings. The Labute approximate surface area is 104 Å². The topological polar surface area (TPSA) is 68.2 Å². The van der Waals surface area contributed by atoms with Crippen LogP contribution in [0.15, 0.2) is 22.0 Å². The van der Waals surface area contributed by atoms with Gasteiger partial charge in [-0.25, -0.2) is 0 Å². The highest BCUT2D eigenvalue weighted by molar-refractivity contribution is 7.10. The normalized spacial score (nSPS) is 13.2. The predicted octanol–water partition coefficient (Wildman–Crippen LogP) is 1.78. The molecule has 0 fully saturated rings. The monoisotopic (exact) mass is 252 g/mol. The highest BCUT2D eigenvalue weighted by atomic mass is 32.1. The third-order valence-electron chi connectivity index (χ3n) is 2.69. The summed E-state index contributed by atoms with van der Waals surface area (Å²) < 4.78 is 4.97. The van der Waals surface area contributed by atoms with Gasteiger partial charge in [-0.15, -0.1) is 11.3 Å². The number of aromatic nitrogens is 2. The van der Waals surface area contributed by atoms with Crippen molar-refractivity contribution in [2.45, 2.75) is 26.1 Å². The van der Waals surface area contributed by atoms with Gasteiger partial charge in [-0.3, -0.25) is 4.90 Å². The van der Waals surface area contributed by atoms with Crippen molar-refractivity contribution in [2.75, 3.05) is 7.05 Å². The van der Waals surface area contributed by atoms with Crippen LogP contribution in [0.3, 0.4) is 0 Å². The van der Waals surface area contributed by atoms with Crippen LogP contribution in [0, 0.1) is 0 Å². The quantitative estimate of drug-likeness (QED) is 0.878. The molecule has 0 saturated carbocycles. The number of nitrogens with two attached hydrogens (primary N) is 1. The summed E-state index contributed by atoms with van der Waals surface area (Å²) in [6.45, 7) is 3.11. The van der Waals surface area contributed by atoms with E-state index >= 15 is 0 Å². The second kappa shape index (κ2) is 5.39. The molecular weight excluding hydrogens is 236 g/mol. The lowest BCUT2D eigenvalue weighted by atomic mass is 10.2. The molecular formula is C11H16N4OS. The molecule has 92 valence electrons. The van der Waals surface area contributed by atoms with E-state index in [1.54, 1.807) is 11.3 Å². The van der Waals surface area contributed by atoms with Crippen molar-refractivity contribution in [1.29, 1.82) is 0 Å². The van der Waals surface area contributed by atoms with Gasteiger partial charge < -0.3 is 10.3 Å². The van der Waals surface area contributed by atoms with Crippen LogP contribution in [0.25, 0.3) is 0 Å². The van der Waals surface area contributed by atoms with E-state index < -0.39 is 0 Å².